The maximum Gasteiger partial charge on any atom is 0.00814 e. The first-order valence-corrected chi connectivity index (χ1v) is 6.96. The molecule has 1 aromatic rings. The summed E-state index contributed by atoms with van der Waals surface area (Å²) in [5.41, 5.74) is 9.45. The third-order valence-corrected chi connectivity index (χ3v) is 4.29. The van der Waals surface area contributed by atoms with Crippen molar-refractivity contribution in [2.45, 2.75) is 51.4 Å². The Morgan fingerprint density at radius 1 is 1.29 bits per heavy atom. The molecule has 0 bridgehead atoms. The Kier molecular flexibility index (Phi) is 3.88. The van der Waals surface area contributed by atoms with Crippen molar-refractivity contribution in [1.82, 2.24) is 0 Å². The van der Waals surface area contributed by atoms with Crippen molar-refractivity contribution in [2.75, 3.05) is 6.54 Å². The fourth-order valence-corrected chi connectivity index (χ4v) is 3.19. The van der Waals surface area contributed by atoms with E-state index in [1.807, 2.05) is 0 Å². The maximum atomic E-state index is 6.10. The van der Waals surface area contributed by atoms with Crippen LogP contribution < -0.4 is 5.73 Å². The van der Waals surface area contributed by atoms with E-state index in [9.17, 15) is 0 Å². The predicted octanol–water partition coefficient (Wildman–Crippen LogP) is 3.66. The van der Waals surface area contributed by atoms with Crippen LogP contribution in [0.25, 0.3) is 0 Å². The second-order valence-corrected chi connectivity index (χ2v) is 5.93. The van der Waals surface area contributed by atoms with Gasteiger partial charge in [0, 0.05) is 12.0 Å². The fraction of sp³-hybridized carbons (Fsp3) is 0.625. The number of nitrogens with two attached hydrogens (primary N) is 1. The molecule has 0 spiro atoms. The highest BCUT2D eigenvalue weighted by Crippen LogP contribution is 2.42. The third-order valence-electron chi connectivity index (χ3n) is 4.29. The zero-order valence-electron chi connectivity index (χ0n) is 11.2. The smallest absolute Gasteiger partial charge is 0.00814 e. The van der Waals surface area contributed by atoms with Crippen LogP contribution >= 0.6 is 0 Å². The Labute approximate surface area is 105 Å². The minimum absolute atomic E-state index is 0.283. The molecule has 17 heavy (non-hydrogen) atoms. The summed E-state index contributed by atoms with van der Waals surface area (Å²) in [4.78, 5) is 0. The second kappa shape index (κ2) is 5.22. The van der Waals surface area contributed by atoms with Crippen molar-refractivity contribution < 1.29 is 0 Å². The number of hydrogen-bond donors (Lipinski definition) is 1. The van der Waals surface area contributed by atoms with Gasteiger partial charge in [-0.2, -0.15) is 0 Å². The van der Waals surface area contributed by atoms with Gasteiger partial charge >= 0.3 is 0 Å². The van der Waals surface area contributed by atoms with Crippen molar-refractivity contribution in [3.05, 3.63) is 35.4 Å². The Morgan fingerprint density at radius 3 is 2.76 bits per heavy atom. The highest BCUT2D eigenvalue weighted by molar-refractivity contribution is 5.39. The van der Waals surface area contributed by atoms with E-state index in [4.69, 9.17) is 5.73 Å². The van der Waals surface area contributed by atoms with E-state index < -0.39 is 0 Å². The van der Waals surface area contributed by atoms with Gasteiger partial charge in [0.1, 0.15) is 0 Å². The van der Waals surface area contributed by atoms with Crippen molar-refractivity contribution in [2.24, 2.45) is 11.7 Å². The van der Waals surface area contributed by atoms with Crippen molar-refractivity contribution in [1.29, 1.82) is 0 Å². The SMILES string of the molecule is CC(C)CCCC1(CN)CCc2ccccc21. The molecule has 0 saturated carbocycles. The van der Waals surface area contributed by atoms with Gasteiger partial charge in [-0.1, -0.05) is 51.0 Å². The standard InChI is InChI=1S/C16H25N/c1-13(2)6-5-10-16(12-17)11-9-14-7-3-4-8-15(14)16/h3-4,7-8,13H,5-6,9-12,17H2,1-2H3. The van der Waals surface area contributed by atoms with E-state index >= 15 is 0 Å². The molecule has 94 valence electrons. The lowest BCUT2D eigenvalue weighted by atomic mass is 9.77. The van der Waals surface area contributed by atoms with Gasteiger partial charge < -0.3 is 5.73 Å². The van der Waals surface area contributed by atoms with E-state index in [0.717, 1.165) is 12.5 Å². The van der Waals surface area contributed by atoms with Crippen LogP contribution in [-0.2, 0) is 11.8 Å². The van der Waals surface area contributed by atoms with Crippen LogP contribution in [-0.4, -0.2) is 6.54 Å². The van der Waals surface area contributed by atoms with Crippen LogP contribution in [0.5, 0.6) is 0 Å². The van der Waals surface area contributed by atoms with Gasteiger partial charge in [-0.3, -0.25) is 0 Å². The highest BCUT2D eigenvalue weighted by atomic mass is 14.6. The van der Waals surface area contributed by atoms with E-state index in [0.29, 0.717) is 0 Å². The van der Waals surface area contributed by atoms with Gasteiger partial charge in [0.05, 0.1) is 0 Å². The van der Waals surface area contributed by atoms with E-state index in [1.165, 1.54) is 43.2 Å². The normalized spacial score (nSPS) is 23.1. The lowest BCUT2D eigenvalue weighted by Crippen LogP contribution is -2.32. The van der Waals surface area contributed by atoms with E-state index in [-0.39, 0.29) is 5.41 Å². The molecule has 0 aliphatic heterocycles. The first kappa shape index (κ1) is 12.6. The number of aryl methyl sites for hydroxylation is 1. The lowest BCUT2D eigenvalue weighted by Gasteiger charge is -2.29. The Bertz CT molecular complexity index is 370. The molecule has 1 aliphatic rings. The number of benzene rings is 1. The molecule has 0 amide bonds. The molecule has 1 aromatic carbocycles. The average Bonchev–Trinajstić information content (AvgIpc) is 2.69. The second-order valence-electron chi connectivity index (χ2n) is 5.93. The minimum Gasteiger partial charge on any atom is -0.330 e. The summed E-state index contributed by atoms with van der Waals surface area (Å²) in [7, 11) is 0. The number of rotatable bonds is 5. The van der Waals surface area contributed by atoms with Gasteiger partial charge in [-0.05, 0) is 36.3 Å². The summed E-state index contributed by atoms with van der Waals surface area (Å²) in [5.74, 6) is 0.807. The van der Waals surface area contributed by atoms with Crippen LogP contribution in [0.15, 0.2) is 24.3 Å². The molecule has 1 nitrogen and oxygen atoms in total. The summed E-state index contributed by atoms with van der Waals surface area (Å²) >= 11 is 0. The largest absolute Gasteiger partial charge is 0.330 e. The first-order chi connectivity index (χ1) is 8.18. The molecule has 0 aromatic heterocycles. The van der Waals surface area contributed by atoms with E-state index in [1.54, 1.807) is 0 Å². The van der Waals surface area contributed by atoms with Crippen molar-refractivity contribution in [3.63, 3.8) is 0 Å². The Morgan fingerprint density at radius 2 is 2.06 bits per heavy atom. The summed E-state index contributed by atoms with van der Waals surface area (Å²) in [5, 5.41) is 0. The third kappa shape index (κ3) is 2.55. The zero-order chi connectivity index (χ0) is 12.3. The van der Waals surface area contributed by atoms with Gasteiger partial charge in [0.2, 0.25) is 0 Å². The molecule has 0 saturated heterocycles. The predicted molar refractivity (Wildman–Crippen MR) is 74.2 cm³/mol. The van der Waals surface area contributed by atoms with Gasteiger partial charge in [0.15, 0.2) is 0 Å². The van der Waals surface area contributed by atoms with Crippen LogP contribution in [0.1, 0.15) is 50.7 Å². The van der Waals surface area contributed by atoms with Crippen LogP contribution in [0.2, 0.25) is 0 Å². The summed E-state index contributed by atoms with van der Waals surface area (Å²) in [6, 6.07) is 8.89. The molecule has 0 radical (unpaired) electrons. The number of fused-ring (bicyclic) bond motifs is 1. The Balaban J connectivity index is 2.11. The lowest BCUT2D eigenvalue weighted by molar-refractivity contribution is 0.370. The maximum absolute atomic E-state index is 6.10. The highest BCUT2D eigenvalue weighted by Gasteiger charge is 2.36. The van der Waals surface area contributed by atoms with Crippen LogP contribution in [0.4, 0.5) is 0 Å². The monoisotopic (exact) mass is 231 g/mol. The molecule has 0 heterocycles. The Hall–Kier alpha value is -0.820. The summed E-state index contributed by atoms with van der Waals surface area (Å²) in [6.45, 7) is 5.41. The quantitative estimate of drug-likeness (QED) is 0.822. The van der Waals surface area contributed by atoms with Gasteiger partial charge in [0.25, 0.3) is 0 Å². The van der Waals surface area contributed by atoms with Gasteiger partial charge in [-0.15, -0.1) is 0 Å². The molecule has 1 heteroatoms. The number of hydrogen-bond acceptors (Lipinski definition) is 1. The zero-order valence-corrected chi connectivity index (χ0v) is 11.2. The fourth-order valence-electron chi connectivity index (χ4n) is 3.19. The first-order valence-electron chi connectivity index (χ1n) is 6.96. The van der Waals surface area contributed by atoms with Gasteiger partial charge in [-0.25, -0.2) is 0 Å². The molecular formula is C16H25N. The molecule has 2 rings (SSSR count). The minimum atomic E-state index is 0.283. The topological polar surface area (TPSA) is 26.0 Å². The average molecular weight is 231 g/mol. The summed E-state index contributed by atoms with van der Waals surface area (Å²) in [6.07, 6.45) is 6.36. The van der Waals surface area contributed by atoms with E-state index in [2.05, 4.69) is 38.1 Å². The summed E-state index contributed by atoms with van der Waals surface area (Å²) < 4.78 is 0. The van der Waals surface area contributed by atoms with Crippen LogP contribution in [0.3, 0.4) is 0 Å². The molecule has 1 aliphatic carbocycles. The molecule has 2 N–H and O–H groups in total. The van der Waals surface area contributed by atoms with Crippen molar-refractivity contribution >= 4 is 0 Å². The molecular weight excluding hydrogens is 206 g/mol. The molecule has 1 unspecified atom stereocenters. The molecule has 0 fully saturated rings. The molecule has 1 atom stereocenters. The van der Waals surface area contributed by atoms with Crippen molar-refractivity contribution in [3.8, 4) is 0 Å². The van der Waals surface area contributed by atoms with Crippen LogP contribution in [0, 0.1) is 5.92 Å².